The normalized spacial score (nSPS) is 52.4. The van der Waals surface area contributed by atoms with Gasteiger partial charge in [-0.25, -0.2) is 0 Å². The van der Waals surface area contributed by atoms with E-state index >= 15 is 0 Å². The van der Waals surface area contributed by atoms with Gasteiger partial charge in [-0.2, -0.15) is 0 Å². The monoisotopic (exact) mass is 319 g/mol. The average Bonchev–Trinajstić information content (AvgIpc) is 2.92. The standard InChI is InChI=1S/C18H30BNO3/c21-19(22)12-9-10-16-18-17(12)11-5-1-2-6-13(11)20(18)14-7-3-4-8-15(14)23-16/h11-18,21-22H,1-10H2. The molecule has 2 heterocycles. The molecule has 5 fully saturated rings. The zero-order valence-corrected chi connectivity index (χ0v) is 14.0. The predicted octanol–water partition coefficient (Wildman–Crippen LogP) is 2.19. The maximum atomic E-state index is 10.0. The third kappa shape index (κ3) is 2.19. The van der Waals surface area contributed by atoms with Gasteiger partial charge in [0.25, 0.3) is 0 Å². The van der Waals surface area contributed by atoms with Gasteiger partial charge in [-0.15, -0.1) is 0 Å². The third-order valence-corrected chi connectivity index (χ3v) is 7.84. The highest BCUT2D eigenvalue weighted by molar-refractivity contribution is 6.43. The highest BCUT2D eigenvalue weighted by Gasteiger charge is 2.62. The van der Waals surface area contributed by atoms with Crippen molar-refractivity contribution in [1.29, 1.82) is 0 Å². The van der Waals surface area contributed by atoms with Gasteiger partial charge in [-0.05, 0) is 56.2 Å². The Labute approximate surface area is 139 Å². The van der Waals surface area contributed by atoms with Crippen LogP contribution < -0.4 is 0 Å². The van der Waals surface area contributed by atoms with Crippen molar-refractivity contribution >= 4 is 7.12 Å². The topological polar surface area (TPSA) is 52.9 Å². The Morgan fingerprint density at radius 2 is 1.52 bits per heavy atom. The number of nitrogens with zero attached hydrogens (tertiary/aromatic N) is 1. The van der Waals surface area contributed by atoms with E-state index in [1.165, 1.54) is 51.4 Å². The van der Waals surface area contributed by atoms with Crippen LogP contribution in [0.3, 0.4) is 0 Å². The van der Waals surface area contributed by atoms with Gasteiger partial charge in [0.15, 0.2) is 0 Å². The van der Waals surface area contributed by atoms with E-state index in [2.05, 4.69) is 4.90 Å². The summed E-state index contributed by atoms with van der Waals surface area (Å²) in [5, 5.41) is 20.0. The van der Waals surface area contributed by atoms with Crippen LogP contribution in [0.5, 0.6) is 0 Å². The Balaban J connectivity index is 1.54. The molecule has 128 valence electrons. The van der Waals surface area contributed by atoms with Crippen LogP contribution in [-0.4, -0.2) is 52.4 Å². The molecule has 3 saturated carbocycles. The zero-order chi connectivity index (χ0) is 15.6. The van der Waals surface area contributed by atoms with Crippen LogP contribution in [0, 0.1) is 11.8 Å². The average molecular weight is 319 g/mol. The molecule has 0 aromatic heterocycles. The fraction of sp³-hybridized carbons (Fsp3) is 1.00. The lowest BCUT2D eigenvalue weighted by atomic mass is 9.54. The molecule has 0 bridgehead atoms. The van der Waals surface area contributed by atoms with Gasteiger partial charge in [0.1, 0.15) is 0 Å². The maximum Gasteiger partial charge on any atom is 0.455 e. The minimum atomic E-state index is -1.15. The van der Waals surface area contributed by atoms with Crippen molar-refractivity contribution in [3.63, 3.8) is 0 Å². The van der Waals surface area contributed by atoms with E-state index in [4.69, 9.17) is 4.74 Å². The molecule has 4 nitrogen and oxygen atoms in total. The fourth-order valence-corrected chi connectivity index (χ4v) is 7.13. The number of hydrogen-bond acceptors (Lipinski definition) is 4. The van der Waals surface area contributed by atoms with Crippen molar-refractivity contribution in [3.05, 3.63) is 0 Å². The first-order valence-corrected chi connectivity index (χ1v) is 10.0. The Bertz CT molecular complexity index is 462. The molecule has 0 aromatic rings. The van der Waals surface area contributed by atoms with Crippen molar-refractivity contribution in [3.8, 4) is 0 Å². The summed E-state index contributed by atoms with van der Waals surface area (Å²) in [5.41, 5.74) is 0. The van der Waals surface area contributed by atoms with Crippen molar-refractivity contribution in [2.24, 2.45) is 11.8 Å². The highest BCUT2D eigenvalue weighted by Crippen LogP contribution is 2.57. The largest absolute Gasteiger partial charge is 0.455 e. The second-order valence-corrected chi connectivity index (χ2v) is 8.75. The van der Waals surface area contributed by atoms with Gasteiger partial charge in [0.05, 0.1) is 12.2 Å². The molecule has 0 amide bonds. The lowest BCUT2D eigenvalue weighted by Gasteiger charge is -2.54. The molecule has 8 atom stereocenters. The molecular formula is C18H30BNO3. The van der Waals surface area contributed by atoms with Crippen LogP contribution >= 0.6 is 0 Å². The number of ether oxygens (including phenoxy) is 1. The van der Waals surface area contributed by atoms with Crippen molar-refractivity contribution in [2.45, 2.75) is 100 Å². The van der Waals surface area contributed by atoms with Crippen LogP contribution in [0.15, 0.2) is 0 Å². The number of morpholine rings is 1. The third-order valence-electron chi connectivity index (χ3n) is 7.84. The number of rotatable bonds is 1. The molecule has 2 N–H and O–H groups in total. The second-order valence-electron chi connectivity index (χ2n) is 8.75. The lowest BCUT2D eigenvalue weighted by Crippen LogP contribution is -2.63. The van der Waals surface area contributed by atoms with Gasteiger partial charge >= 0.3 is 7.12 Å². The van der Waals surface area contributed by atoms with Crippen molar-refractivity contribution < 1.29 is 14.8 Å². The highest BCUT2D eigenvalue weighted by atomic mass is 16.5. The van der Waals surface area contributed by atoms with E-state index in [1.54, 1.807) is 0 Å². The summed E-state index contributed by atoms with van der Waals surface area (Å²) >= 11 is 0. The number of hydrogen-bond donors (Lipinski definition) is 2. The van der Waals surface area contributed by atoms with E-state index < -0.39 is 7.12 Å². The SMILES string of the molecule is OB(O)C1CCC2OC3CCCCC3N3C4CCCCC4C1C23. The Hall–Kier alpha value is -0.0951. The van der Waals surface area contributed by atoms with Gasteiger partial charge < -0.3 is 14.8 Å². The Morgan fingerprint density at radius 3 is 2.35 bits per heavy atom. The van der Waals surface area contributed by atoms with Crippen LogP contribution in [0.1, 0.15) is 64.2 Å². The van der Waals surface area contributed by atoms with Crippen LogP contribution in [0.2, 0.25) is 5.82 Å². The summed E-state index contributed by atoms with van der Waals surface area (Å²) in [7, 11) is -1.15. The molecule has 5 aliphatic rings. The zero-order valence-electron chi connectivity index (χ0n) is 14.0. The van der Waals surface area contributed by atoms with E-state index in [0.29, 0.717) is 42.2 Å². The molecule has 3 aliphatic carbocycles. The molecule has 0 aromatic carbocycles. The molecule has 5 heteroatoms. The Kier molecular flexibility index (Phi) is 3.78. The molecule has 8 unspecified atom stereocenters. The second kappa shape index (κ2) is 5.72. The lowest BCUT2D eigenvalue weighted by molar-refractivity contribution is -0.177. The quantitative estimate of drug-likeness (QED) is 0.728. The van der Waals surface area contributed by atoms with Gasteiger partial charge in [-0.1, -0.05) is 25.7 Å². The van der Waals surface area contributed by atoms with Crippen molar-refractivity contribution in [2.75, 3.05) is 0 Å². The minimum Gasteiger partial charge on any atom is -0.427 e. The maximum absolute atomic E-state index is 10.0. The van der Waals surface area contributed by atoms with Gasteiger partial charge in [0, 0.05) is 18.1 Å². The molecule has 23 heavy (non-hydrogen) atoms. The summed E-state index contributed by atoms with van der Waals surface area (Å²) < 4.78 is 6.60. The van der Waals surface area contributed by atoms with E-state index in [1.807, 2.05) is 0 Å². The number of fused-ring (bicyclic) bond motifs is 5. The van der Waals surface area contributed by atoms with Crippen LogP contribution in [0.4, 0.5) is 0 Å². The fourth-order valence-electron chi connectivity index (χ4n) is 7.13. The summed E-state index contributed by atoms with van der Waals surface area (Å²) in [5.74, 6) is 1.19. The molecule has 0 spiro atoms. The first-order chi connectivity index (χ1) is 11.3. The van der Waals surface area contributed by atoms with Crippen LogP contribution in [-0.2, 0) is 4.74 Å². The summed E-state index contributed by atoms with van der Waals surface area (Å²) in [6, 6.07) is 1.76. The van der Waals surface area contributed by atoms with E-state index in [9.17, 15) is 10.0 Å². The van der Waals surface area contributed by atoms with E-state index in [0.717, 1.165) is 12.8 Å². The summed E-state index contributed by atoms with van der Waals surface area (Å²) in [6.07, 6.45) is 13.2. The van der Waals surface area contributed by atoms with Crippen molar-refractivity contribution in [1.82, 2.24) is 4.90 Å². The smallest absolute Gasteiger partial charge is 0.427 e. The Morgan fingerprint density at radius 1 is 0.783 bits per heavy atom. The van der Waals surface area contributed by atoms with Gasteiger partial charge in [0.2, 0.25) is 0 Å². The summed E-state index contributed by atoms with van der Waals surface area (Å²) in [6.45, 7) is 0. The van der Waals surface area contributed by atoms with Gasteiger partial charge in [-0.3, -0.25) is 4.90 Å². The molecular weight excluding hydrogens is 289 g/mol. The van der Waals surface area contributed by atoms with E-state index in [-0.39, 0.29) is 5.82 Å². The first kappa shape index (κ1) is 15.2. The summed E-state index contributed by atoms with van der Waals surface area (Å²) in [4.78, 5) is 2.88. The molecule has 5 rings (SSSR count). The minimum absolute atomic E-state index is 0.0654. The first-order valence-electron chi connectivity index (χ1n) is 10.0. The molecule has 0 radical (unpaired) electrons. The molecule has 2 aliphatic heterocycles. The molecule has 2 saturated heterocycles. The van der Waals surface area contributed by atoms with Crippen LogP contribution in [0.25, 0.3) is 0 Å². The predicted molar refractivity (Wildman–Crippen MR) is 89.0 cm³/mol.